The van der Waals surface area contributed by atoms with Crippen molar-refractivity contribution in [1.82, 2.24) is 4.98 Å². The lowest BCUT2D eigenvalue weighted by atomic mass is 9.73. The van der Waals surface area contributed by atoms with Crippen LogP contribution in [0.15, 0.2) is 5.38 Å². The maximum Gasteiger partial charge on any atom is 0.0943 e. The van der Waals surface area contributed by atoms with Crippen molar-refractivity contribution < 1.29 is 0 Å². The molecule has 0 spiro atoms. The summed E-state index contributed by atoms with van der Waals surface area (Å²) in [6, 6.07) is 0.297. The van der Waals surface area contributed by atoms with Gasteiger partial charge in [0.15, 0.2) is 0 Å². The van der Waals surface area contributed by atoms with E-state index >= 15 is 0 Å². The van der Waals surface area contributed by atoms with Crippen LogP contribution < -0.4 is 5.73 Å². The second-order valence-electron chi connectivity index (χ2n) is 5.93. The third-order valence-electron chi connectivity index (χ3n) is 3.90. The van der Waals surface area contributed by atoms with Gasteiger partial charge in [0.1, 0.15) is 0 Å². The number of thiazole rings is 1. The second-order valence-corrected chi connectivity index (χ2v) is 6.87. The van der Waals surface area contributed by atoms with Crippen LogP contribution in [0.1, 0.15) is 43.8 Å². The topological polar surface area (TPSA) is 38.9 Å². The molecule has 1 aromatic heterocycles. The van der Waals surface area contributed by atoms with E-state index in [1.807, 2.05) is 0 Å². The van der Waals surface area contributed by atoms with Crippen molar-refractivity contribution >= 4 is 11.3 Å². The van der Waals surface area contributed by atoms with Crippen LogP contribution in [-0.4, -0.2) is 11.0 Å². The van der Waals surface area contributed by atoms with E-state index in [9.17, 15) is 0 Å². The molecule has 96 valence electrons. The Morgan fingerprint density at radius 3 is 2.53 bits per heavy atom. The van der Waals surface area contributed by atoms with Crippen LogP contribution in [0.25, 0.3) is 0 Å². The number of aryl methyl sites for hydroxylation is 1. The van der Waals surface area contributed by atoms with Crippen molar-refractivity contribution in [3.63, 3.8) is 0 Å². The highest BCUT2D eigenvalue weighted by Crippen LogP contribution is 2.35. The van der Waals surface area contributed by atoms with Crippen LogP contribution in [0.4, 0.5) is 0 Å². The van der Waals surface area contributed by atoms with Gasteiger partial charge in [-0.3, -0.25) is 0 Å². The summed E-state index contributed by atoms with van der Waals surface area (Å²) in [7, 11) is 0. The molecule has 2 N–H and O–H groups in total. The van der Waals surface area contributed by atoms with Gasteiger partial charge in [-0.2, -0.15) is 0 Å². The van der Waals surface area contributed by atoms with Gasteiger partial charge in [-0.25, -0.2) is 4.98 Å². The first-order chi connectivity index (χ1) is 8.04. The molecule has 1 aliphatic rings. The van der Waals surface area contributed by atoms with Gasteiger partial charge in [0.05, 0.1) is 5.01 Å². The van der Waals surface area contributed by atoms with Gasteiger partial charge in [-0.1, -0.05) is 13.8 Å². The Hall–Kier alpha value is -0.410. The van der Waals surface area contributed by atoms with Crippen LogP contribution in [0.2, 0.25) is 0 Å². The Bertz CT molecular complexity index is 351. The fourth-order valence-electron chi connectivity index (χ4n) is 3.22. The SMILES string of the molecule is Cc1csc(CC(N)C2CC(C)CC(C)C2)n1. The zero-order valence-electron chi connectivity index (χ0n) is 11.1. The normalized spacial score (nSPS) is 31.4. The van der Waals surface area contributed by atoms with Crippen LogP contribution in [0, 0.1) is 24.7 Å². The minimum atomic E-state index is 0.297. The highest BCUT2D eigenvalue weighted by Gasteiger charge is 2.28. The molecule has 1 heterocycles. The fraction of sp³-hybridized carbons (Fsp3) is 0.786. The number of rotatable bonds is 3. The predicted octanol–water partition coefficient (Wildman–Crippen LogP) is 3.39. The molecule has 17 heavy (non-hydrogen) atoms. The molecule has 0 amide bonds. The van der Waals surface area contributed by atoms with Crippen molar-refractivity contribution in [3.8, 4) is 0 Å². The van der Waals surface area contributed by atoms with E-state index in [0.717, 1.165) is 24.0 Å². The molecular weight excluding hydrogens is 228 g/mol. The maximum absolute atomic E-state index is 6.38. The van der Waals surface area contributed by atoms with E-state index in [4.69, 9.17) is 5.73 Å². The Morgan fingerprint density at radius 1 is 1.35 bits per heavy atom. The van der Waals surface area contributed by atoms with Crippen LogP contribution >= 0.6 is 11.3 Å². The van der Waals surface area contributed by atoms with Crippen molar-refractivity contribution in [1.29, 1.82) is 0 Å². The molecule has 0 aromatic carbocycles. The Morgan fingerprint density at radius 2 is 2.00 bits per heavy atom. The van der Waals surface area contributed by atoms with E-state index in [1.54, 1.807) is 11.3 Å². The van der Waals surface area contributed by atoms with Gasteiger partial charge >= 0.3 is 0 Å². The van der Waals surface area contributed by atoms with E-state index < -0.39 is 0 Å². The molecule has 1 saturated carbocycles. The van der Waals surface area contributed by atoms with Gasteiger partial charge in [-0.05, 0) is 43.9 Å². The highest BCUT2D eigenvalue weighted by atomic mass is 32.1. The molecular formula is C14H24N2S. The molecule has 2 nitrogen and oxygen atoms in total. The van der Waals surface area contributed by atoms with Crippen molar-refractivity contribution in [2.45, 2.75) is 52.5 Å². The highest BCUT2D eigenvalue weighted by molar-refractivity contribution is 7.09. The van der Waals surface area contributed by atoms with Gasteiger partial charge < -0.3 is 5.73 Å². The summed E-state index contributed by atoms with van der Waals surface area (Å²) in [6.45, 7) is 6.78. The fourth-order valence-corrected chi connectivity index (χ4v) is 4.07. The molecule has 3 atom stereocenters. The molecule has 0 bridgehead atoms. The van der Waals surface area contributed by atoms with Crippen LogP contribution in [-0.2, 0) is 6.42 Å². The average molecular weight is 252 g/mol. The lowest BCUT2D eigenvalue weighted by molar-refractivity contribution is 0.192. The minimum absolute atomic E-state index is 0.297. The Labute approximate surface area is 109 Å². The van der Waals surface area contributed by atoms with E-state index in [-0.39, 0.29) is 0 Å². The van der Waals surface area contributed by atoms with E-state index in [1.165, 1.54) is 24.3 Å². The molecule has 1 fully saturated rings. The summed E-state index contributed by atoms with van der Waals surface area (Å²) in [5, 5.41) is 3.33. The maximum atomic E-state index is 6.38. The molecule has 2 rings (SSSR count). The average Bonchev–Trinajstić information content (AvgIpc) is 2.62. The molecule has 0 radical (unpaired) electrons. The van der Waals surface area contributed by atoms with Crippen LogP contribution in [0.3, 0.4) is 0 Å². The monoisotopic (exact) mass is 252 g/mol. The van der Waals surface area contributed by atoms with Crippen LogP contribution in [0.5, 0.6) is 0 Å². The molecule has 0 saturated heterocycles. The molecule has 0 aliphatic heterocycles. The van der Waals surface area contributed by atoms with Crippen molar-refractivity contribution in [2.75, 3.05) is 0 Å². The smallest absolute Gasteiger partial charge is 0.0943 e. The third kappa shape index (κ3) is 3.52. The predicted molar refractivity (Wildman–Crippen MR) is 74.2 cm³/mol. The molecule has 3 heteroatoms. The quantitative estimate of drug-likeness (QED) is 0.895. The zero-order valence-corrected chi connectivity index (χ0v) is 12.0. The lowest BCUT2D eigenvalue weighted by Gasteiger charge is -2.34. The largest absolute Gasteiger partial charge is 0.327 e. The number of hydrogen-bond donors (Lipinski definition) is 1. The third-order valence-corrected chi connectivity index (χ3v) is 4.89. The summed E-state index contributed by atoms with van der Waals surface area (Å²) in [6.07, 6.45) is 4.94. The molecule has 3 unspecified atom stereocenters. The first-order valence-electron chi connectivity index (χ1n) is 6.71. The standard InChI is InChI=1S/C14H24N2S/c1-9-4-10(2)6-12(5-9)13(15)7-14-16-11(3)8-17-14/h8-10,12-13H,4-7,15H2,1-3H3. The number of hydrogen-bond acceptors (Lipinski definition) is 3. The number of nitrogens with two attached hydrogens (primary N) is 1. The number of aromatic nitrogens is 1. The van der Waals surface area contributed by atoms with Gasteiger partial charge in [0, 0.05) is 23.5 Å². The first-order valence-corrected chi connectivity index (χ1v) is 7.59. The summed E-state index contributed by atoms with van der Waals surface area (Å²) in [5.74, 6) is 2.37. The Balaban J connectivity index is 1.93. The minimum Gasteiger partial charge on any atom is -0.327 e. The van der Waals surface area contributed by atoms with Gasteiger partial charge in [0.25, 0.3) is 0 Å². The first kappa shape index (κ1) is 13.0. The second kappa shape index (κ2) is 5.49. The number of nitrogens with zero attached hydrogens (tertiary/aromatic N) is 1. The zero-order chi connectivity index (χ0) is 12.4. The summed E-state index contributed by atoms with van der Waals surface area (Å²) >= 11 is 1.75. The van der Waals surface area contributed by atoms with Gasteiger partial charge in [0.2, 0.25) is 0 Å². The summed E-state index contributed by atoms with van der Waals surface area (Å²) in [4.78, 5) is 4.52. The van der Waals surface area contributed by atoms with Crippen molar-refractivity contribution in [2.24, 2.45) is 23.5 Å². The van der Waals surface area contributed by atoms with E-state index in [2.05, 4.69) is 31.1 Å². The Kier molecular flexibility index (Phi) is 4.21. The van der Waals surface area contributed by atoms with Gasteiger partial charge in [-0.15, -0.1) is 11.3 Å². The summed E-state index contributed by atoms with van der Waals surface area (Å²) < 4.78 is 0. The lowest BCUT2D eigenvalue weighted by Crippen LogP contribution is -2.37. The molecule has 1 aliphatic carbocycles. The van der Waals surface area contributed by atoms with E-state index in [0.29, 0.717) is 12.0 Å². The van der Waals surface area contributed by atoms with Crippen molar-refractivity contribution in [3.05, 3.63) is 16.1 Å². The molecule has 1 aromatic rings. The summed E-state index contributed by atoms with van der Waals surface area (Å²) in [5.41, 5.74) is 7.51.